The van der Waals surface area contributed by atoms with Crippen molar-refractivity contribution in [1.29, 1.82) is 0 Å². The summed E-state index contributed by atoms with van der Waals surface area (Å²) in [7, 11) is 3.24. The van der Waals surface area contributed by atoms with Crippen LogP contribution in [0.2, 0.25) is 0 Å². The molecule has 4 rings (SSSR count). The number of carbonyl (C=O) groups excluding carboxylic acids is 1. The molecule has 0 saturated carbocycles. The molecule has 0 aliphatic heterocycles. The van der Waals surface area contributed by atoms with E-state index in [0.29, 0.717) is 11.3 Å². The van der Waals surface area contributed by atoms with E-state index in [-0.39, 0.29) is 13.3 Å². The molecule has 0 bridgehead atoms. The van der Waals surface area contributed by atoms with Gasteiger partial charge in [-0.15, -0.1) is 0 Å². The maximum Gasteiger partial charge on any atom is 0.255 e. The molecule has 0 aliphatic carbocycles. The number of nitrogens with zero attached hydrogens (tertiary/aromatic N) is 1. The molecule has 6 heteroatoms. The van der Waals surface area contributed by atoms with Crippen molar-refractivity contribution in [3.8, 4) is 34.1 Å². The summed E-state index contributed by atoms with van der Waals surface area (Å²) in [6, 6.07) is 22.3. The Morgan fingerprint density at radius 3 is 1.94 bits per heavy atom. The lowest BCUT2D eigenvalue weighted by molar-refractivity contribution is 0.102. The third-order valence-electron chi connectivity index (χ3n) is 4.75. The first-order chi connectivity index (χ1) is 14.7. The standard InChI is InChI=1S/C24H21N3O3.CH4/c1-29-20-11-5-17(6-12-20)23-25-15-22(27-23)16-3-9-19(10-4-16)26-24(28)18-7-13-21(30-2)14-8-18;/h3-15H,1-2H3,(H,25,27)(H,26,28);1H4. The third-order valence-corrected chi connectivity index (χ3v) is 4.75. The molecule has 0 spiro atoms. The van der Waals surface area contributed by atoms with Crippen LogP contribution in [0.4, 0.5) is 5.69 Å². The molecule has 3 aromatic carbocycles. The first-order valence-corrected chi connectivity index (χ1v) is 9.41. The fourth-order valence-corrected chi connectivity index (χ4v) is 3.04. The highest BCUT2D eigenvalue weighted by Gasteiger charge is 2.08. The molecule has 0 saturated heterocycles. The van der Waals surface area contributed by atoms with Crippen molar-refractivity contribution >= 4 is 11.6 Å². The molecule has 1 aromatic heterocycles. The fourth-order valence-electron chi connectivity index (χ4n) is 3.04. The van der Waals surface area contributed by atoms with E-state index in [0.717, 1.165) is 34.1 Å². The van der Waals surface area contributed by atoms with Gasteiger partial charge in [-0.1, -0.05) is 19.6 Å². The number of amides is 1. The maximum absolute atomic E-state index is 12.4. The number of nitrogens with one attached hydrogen (secondary N) is 2. The van der Waals surface area contributed by atoms with Gasteiger partial charge in [-0.05, 0) is 66.2 Å². The predicted octanol–water partition coefficient (Wildman–Crippen LogP) is 5.65. The van der Waals surface area contributed by atoms with Crippen LogP contribution in [-0.4, -0.2) is 30.1 Å². The van der Waals surface area contributed by atoms with Crippen LogP contribution in [0.5, 0.6) is 11.5 Å². The summed E-state index contributed by atoms with van der Waals surface area (Å²) in [5.74, 6) is 2.13. The van der Waals surface area contributed by atoms with Gasteiger partial charge in [0.1, 0.15) is 17.3 Å². The third kappa shape index (κ3) is 4.93. The summed E-state index contributed by atoms with van der Waals surface area (Å²) in [4.78, 5) is 20.2. The number of aromatic amines is 1. The Labute approximate surface area is 181 Å². The topological polar surface area (TPSA) is 76.2 Å². The highest BCUT2D eigenvalue weighted by molar-refractivity contribution is 6.04. The van der Waals surface area contributed by atoms with E-state index in [1.165, 1.54) is 0 Å². The minimum absolute atomic E-state index is 0. The quantitative estimate of drug-likeness (QED) is 0.427. The molecule has 0 fully saturated rings. The molecule has 6 nitrogen and oxygen atoms in total. The summed E-state index contributed by atoms with van der Waals surface area (Å²) in [5.41, 5.74) is 4.14. The van der Waals surface area contributed by atoms with Crippen molar-refractivity contribution in [3.05, 3.63) is 84.6 Å². The molecular formula is C25H25N3O3. The number of methoxy groups -OCH3 is 2. The van der Waals surface area contributed by atoms with Crippen LogP contribution in [0.3, 0.4) is 0 Å². The summed E-state index contributed by atoms with van der Waals surface area (Å²) in [6.45, 7) is 0. The Hall–Kier alpha value is -4.06. The van der Waals surface area contributed by atoms with Crippen LogP contribution in [0, 0.1) is 0 Å². The Morgan fingerprint density at radius 1 is 0.806 bits per heavy atom. The van der Waals surface area contributed by atoms with Crippen LogP contribution in [0.25, 0.3) is 22.6 Å². The van der Waals surface area contributed by atoms with E-state index in [1.54, 1.807) is 44.7 Å². The van der Waals surface area contributed by atoms with Crippen LogP contribution >= 0.6 is 0 Å². The zero-order valence-corrected chi connectivity index (χ0v) is 16.7. The van der Waals surface area contributed by atoms with Gasteiger partial charge in [-0.25, -0.2) is 4.98 Å². The number of carbonyl (C=O) groups is 1. The Bertz CT molecular complexity index is 1130. The van der Waals surface area contributed by atoms with Gasteiger partial charge in [0, 0.05) is 16.8 Å². The molecule has 1 heterocycles. The van der Waals surface area contributed by atoms with Gasteiger partial charge in [-0.2, -0.15) is 0 Å². The first kappa shape index (κ1) is 21.6. The molecule has 1 amide bonds. The van der Waals surface area contributed by atoms with E-state index in [2.05, 4.69) is 15.3 Å². The van der Waals surface area contributed by atoms with Crippen molar-refractivity contribution in [1.82, 2.24) is 9.97 Å². The maximum atomic E-state index is 12.4. The largest absolute Gasteiger partial charge is 0.497 e. The number of ether oxygens (including phenoxy) is 2. The molecule has 0 radical (unpaired) electrons. The van der Waals surface area contributed by atoms with Crippen LogP contribution in [-0.2, 0) is 0 Å². The molecular weight excluding hydrogens is 390 g/mol. The van der Waals surface area contributed by atoms with Gasteiger partial charge < -0.3 is 19.8 Å². The van der Waals surface area contributed by atoms with Crippen molar-refractivity contribution in [3.63, 3.8) is 0 Å². The molecule has 0 atom stereocenters. The van der Waals surface area contributed by atoms with Gasteiger partial charge in [0.25, 0.3) is 5.91 Å². The van der Waals surface area contributed by atoms with Gasteiger partial charge in [0.05, 0.1) is 26.1 Å². The second kappa shape index (κ2) is 9.63. The zero-order valence-electron chi connectivity index (χ0n) is 16.7. The summed E-state index contributed by atoms with van der Waals surface area (Å²) >= 11 is 0. The summed E-state index contributed by atoms with van der Waals surface area (Å²) < 4.78 is 10.3. The molecule has 31 heavy (non-hydrogen) atoms. The van der Waals surface area contributed by atoms with Gasteiger partial charge in [-0.3, -0.25) is 4.79 Å². The second-order valence-electron chi connectivity index (χ2n) is 6.63. The molecule has 158 valence electrons. The molecule has 0 aliphatic rings. The Kier molecular flexibility index (Phi) is 6.72. The highest BCUT2D eigenvalue weighted by Crippen LogP contribution is 2.25. The van der Waals surface area contributed by atoms with Crippen LogP contribution in [0.1, 0.15) is 17.8 Å². The number of hydrogen-bond donors (Lipinski definition) is 2. The van der Waals surface area contributed by atoms with Crippen molar-refractivity contribution in [2.45, 2.75) is 7.43 Å². The average Bonchev–Trinajstić information content (AvgIpc) is 3.30. The second-order valence-corrected chi connectivity index (χ2v) is 6.63. The smallest absolute Gasteiger partial charge is 0.255 e. The number of hydrogen-bond acceptors (Lipinski definition) is 4. The lowest BCUT2D eigenvalue weighted by Crippen LogP contribution is -2.11. The van der Waals surface area contributed by atoms with Crippen LogP contribution < -0.4 is 14.8 Å². The number of imidazole rings is 1. The first-order valence-electron chi connectivity index (χ1n) is 9.41. The van der Waals surface area contributed by atoms with E-state index < -0.39 is 0 Å². The summed E-state index contributed by atoms with van der Waals surface area (Å²) in [5, 5.41) is 2.90. The highest BCUT2D eigenvalue weighted by atomic mass is 16.5. The molecule has 4 aromatic rings. The number of anilines is 1. The minimum Gasteiger partial charge on any atom is -0.497 e. The molecule has 2 N–H and O–H groups in total. The summed E-state index contributed by atoms with van der Waals surface area (Å²) in [6.07, 6.45) is 1.80. The number of aromatic nitrogens is 2. The van der Waals surface area contributed by atoms with E-state index in [4.69, 9.17) is 9.47 Å². The predicted molar refractivity (Wildman–Crippen MR) is 124 cm³/mol. The number of H-pyrrole nitrogens is 1. The lowest BCUT2D eigenvalue weighted by Gasteiger charge is -2.07. The minimum atomic E-state index is -0.172. The SMILES string of the molecule is C.COc1ccc(C(=O)Nc2ccc(-c3cnc(-c4ccc(OC)cc4)[nH]3)cc2)cc1. The molecule has 0 unspecified atom stereocenters. The monoisotopic (exact) mass is 415 g/mol. The van der Waals surface area contributed by atoms with Gasteiger partial charge >= 0.3 is 0 Å². The van der Waals surface area contributed by atoms with E-state index in [1.807, 2.05) is 48.5 Å². The van der Waals surface area contributed by atoms with Crippen molar-refractivity contribution < 1.29 is 14.3 Å². The van der Waals surface area contributed by atoms with E-state index >= 15 is 0 Å². The van der Waals surface area contributed by atoms with Crippen LogP contribution in [0.15, 0.2) is 79.0 Å². The van der Waals surface area contributed by atoms with Crippen molar-refractivity contribution in [2.75, 3.05) is 19.5 Å². The van der Waals surface area contributed by atoms with E-state index in [9.17, 15) is 4.79 Å². The lowest BCUT2D eigenvalue weighted by atomic mass is 10.1. The zero-order chi connectivity index (χ0) is 20.9. The van der Waals surface area contributed by atoms with Gasteiger partial charge in [0.15, 0.2) is 0 Å². The van der Waals surface area contributed by atoms with Crippen molar-refractivity contribution in [2.24, 2.45) is 0 Å². The fraction of sp³-hybridized carbons (Fsp3) is 0.120. The van der Waals surface area contributed by atoms with Gasteiger partial charge in [0.2, 0.25) is 0 Å². The Balaban J connectivity index is 0.00000272. The number of rotatable bonds is 6. The Morgan fingerprint density at radius 2 is 1.35 bits per heavy atom. The normalized spacial score (nSPS) is 10.1. The number of benzene rings is 3. The average molecular weight is 415 g/mol.